The molecule has 0 aromatic carbocycles. The third-order valence-corrected chi connectivity index (χ3v) is 4.27. The molecular formula is C13H23N3OS. The molecule has 1 atom stereocenters. The van der Waals surface area contributed by atoms with Crippen LogP contribution in [0.2, 0.25) is 0 Å². The van der Waals surface area contributed by atoms with E-state index < -0.39 is 0 Å². The van der Waals surface area contributed by atoms with E-state index >= 15 is 0 Å². The fraction of sp³-hybridized carbons (Fsp3) is 0.846. The Morgan fingerprint density at radius 3 is 2.83 bits per heavy atom. The van der Waals surface area contributed by atoms with Gasteiger partial charge in [-0.3, -0.25) is 0 Å². The maximum absolute atomic E-state index is 5.73. The predicted molar refractivity (Wildman–Crippen MR) is 74.1 cm³/mol. The quantitative estimate of drug-likeness (QED) is 0.771. The molecule has 0 radical (unpaired) electrons. The molecule has 1 saturated heterocycles. The van der Waals surface area contributed by atoms with Crippen molar-refractivity contribution in [1.82, 2.24) is 15.5 Å². The van der Waals surface area contributed by atoms with Gasteiger partial charge in [-0.2, -0.15) is 0 Å². The summed E-state index contributed by atoms with van der Waals surface area (Å²) in [5.74, 6) is 0. The molecule has 18 heavy (non-hydrogen) atoms. The number of likely N-dealkylation sites (N-methyl/N-ethyl adjacent to an activating group) is 1. The van der Waals surface area contributed by atoms with Crippen molar-refractivity contribution in [3.63, 3.8) is 0 Å². The summed E-state index contributed by atoms with van der Waals surface area (Å²) in [4.78, 5) is 0. The van der Waals surface area contributed by atoms with Gasteiger partial charge in [-0.25, -0.2) is 0 Å². The number of hydrogen-bond donors (Lipinski definition) is 1. The topological polar surface area (TPSA) is 47.0 Å². The van der Waals surface area contributed by atoms with Crippen molar-refractivity contribution in [2.24, 2.45) is 0 Å². The minimum absolute atomic E-state index is 0.452. The molecule has 0 amide bonds. The van der Waals surface area contributed by atoms with Gasteiger partial charge in [-0.1, -0.05) is 6.92 Å². The van der Waals surface area contributed by atoms with Crippen molar-refractivity contribution in [2.45, 2.75) is 51.6 Å². The van der Waals surface area contributed by atoms with E-state index in [9.17, 15) is 0 Å². The SMILES string of the molecule is CCNCCc1nnc(CCC2CCCCO2)s1. The number of ether oxygens (including phenoxy) is 1. The number of rotatable bonds is 7. The number of aromatic nitrogens is 2. The van der Waals surface area contributed by atoms with Gasteiger partial charge in [0.05, 0.1) is 6.10 Å². The molecule has 0 aliphatic carbocycles. The molecule has 1 aromatic rings. The van der Waals surface area contributed by atoms with Crippen molar-refractivity contribution in [1.29, 1.82) is 0 Å². The maximum Gasteiger partial charge on any atom is 0.118 e. The summed E-state index contributed by atoms with van der Waals surface area (Å²) in [6.07, 6.45) is 7.31. The molecule has 1 unspecified atom stereocenters. The Morgan fingerprint density at radius 2 is 2.11 bits per heavy atom. The second-order valence-corrected chi connectivity index (χ2v) is 5.87. The molecule has 2 rings (SSSR count). The average molecular weight is 269 g/mol. The van der Waals surface area contributed by atoms with Crippen molar-refractivity contribution in [3.8, 4) is 0 Å². The van der Waals surface area contributed by atoms with Crippen molar-refractivity contribution >= 4 is 11.3 Å². The molecule has 5 heteroatoms. The minimum atomic E-state index is 0.452. The van der Waals surface area contributed by atoms with E-state index in [1.54, 1.807) is 11.3 Å². The van der Waals surface area contributed by atoms with Crippen LogP contribution in [0.25, 0.3) is 0 Å². The second kappa shape index (κ2) is 7.81. The highest BCUT2D eigenvalue weighted by molar-refractivity contribution is 7.11. The van der Waals surface area contributed by atoms with Crippen molar-refractivity contribution in [2.75, 3.05) is 19.7 Å². The highest BCUT2D eigenvalue weighted by Crippen LogP contribution is 2.19. The van der Waals surface area contributed by atoms with Crippen molar-refractivity contribution in [3.05, 3.63) is 10.0 Å². The van der Waals surface area contributed by atoms with E-state index in [1.165, 1.54) is 19.3 Å². The Balaban J connectivity index is 1.69. The molecule has 0 saturated carbocycles. The van der Waals surface area contributed by atoms with E-state index in [1.807, 2.05) is 0 Å². The van der Waals surface area contributed by atoms with Crippen LogP contribution in [0.1, 0.15) is 42.6 Å². The number of hydrogen-bond acceptors (Lipinski definition) is 5. The molecular weight excluding hydrogens is 246 g/mol. The first-order valence-corrected chi connectivity index (χ1v) is 7.83. The number of nitrogens with zero attached hydrogens (tertiary/aromatic N) is 2. The summed E-state index contributed by atoms with van der Waals surface area (Å²) in [5.41, 5.74) is 0. The van der Waals surface area contributed by atoms with Gasteiger partial charge in [-0.15, -0.1) is 21.5 Å². The molecule has 1 aliphatic rings. The van der Waals surface area contributed by atoms with Gasteiger partial charge in [0.1, 0.15) is 10.0 Å². The Morgan fingerprint density at radius 1 is 1.28 bits per heavy atom. The first kappa shape index (κ1) is 13.9. The third-order valence-electron chi connectivity index (χ3n) is 3.23. The molecule has 2 heterocycles. The van der Waals surface area contributed by atoms with Crippen LogP contribution < -0.4 is 5.32 Å². The first-order chi connectivity index (χ1) is 8.88. The summed E-state index contributed by atoms with van der Waals surface area (Å²) in [6, 6.07) is 0. The summed E-state index contributed by atoms with van der Waals surface area (Å²) < 4.78 is 5.73. The summed E-state index contributed by atoms with van der Waals surface area (Å²) in [6.45, 7) is 5.08. The van der Waals surface area contributed by atoms with E-state index in [-0.39, 0.29) is 0 Å². The minimum Gasteiger partial charge on any atom is -0.378 e. The monoisotopic (exact) mass is 269 g/mol. The summed E-state index contributed by atoms with van der Waals surface area (Å²) in [7, 11) is 0. The van der Waals surface area contributed by atoms with Crippen LogP contribution in [0.15, 0.2) is 0 Å². The van der Waals surface area contributed by atoms with Gasteiger partial charge in [0, 0.05) is 26.0 Å². The molecule has 1 aromatic heterocycles. The predicted octanol–water partition coefficient (Wildman–Crippen LogP) is 2.19. The first-order valence-electron chi connectivity index (χ1n) is 7.02. The Kier molecular flexibility index (Phi) is 6.04. The van der Waals surface area contributed by atoms with Gasteiger partial charge in [0.15, 0.2) is 0 Å². The van der Waals surface area contributed by atoms with Crippen LogP contribution in [0.5, 0.6) is 0 Å². The Labute approximate surface area is 113 Å². The fourth-order valence-electron chi connectivity index (χ4n) is 2.18. The Bertz CT molecular complexity index is 337. The van der Waals surface area contributed by atoms with Gasteiger partial charge in [0.2, 0.25) is 0 Å². The smallest absolute Gasteiger partial charge is 0.118 e. The zero-order valence-corrected chi connectivity index (χ0v) is 12.0. The standard InChI is InChI=1S/C13H23N3OS/c1-2-14-9-8-13-16-15-12(18-13)7-6-11-5-3-4-10-17-11/h11,14H,2-10H2,1H3. The van der Waals surface area contributed by atoms with Crippen LogP contribution in [-0.2, 0) is 17.6 Å². The molecule has 0 spiro atoms. The molecule has 1 N–H and O–H groups in total. The average Bonchev–Trinajstić information content (AvgIpc) is 2.86. The van der Waals surface area contributed by atoms with E-state index in [0.29, 0.717) is 6.10 Å². The molecule has 1 fully saturated rings. The normalized spacial score (nSPS) is 20.2. The van der Waals surface area contributed by atoms with Gasteiger partial charge >= 0.3 is 0 Å². The van der Waals surface area contributed by atoms with Gasteiger partial charge < -0.3 is 10.1 Å². The Hall–Kier alpha value is -0.520. The lowest BCUT2D eigenvalue weighted by molar-refractivity contribution is 0.0115. The number of aryl methyl sites for hydroxylation is 1. The number of nitrogens with one attached hydrogen (secondary N) is 1. The van der Waals surface area contributed by atoms with E-state index in [2.05, 4.69) is 22.4 Å². The van der Waals surface area contributed by atoms with Crippen LogP contribution >= 0.6 is 11.3 Å². The zero-order valence-electron chi connectivity index (χ0n) is 11.2. The fourth-order valence-corrected chi connectivity index (χ4v) is 3.04. The second-order valence-electron chi connectivity index (χ2n) is 4.72. The van der Waals surface area contributed by atoms with Crippen LogP contribution in [0.4, 0.5) is 0 Å². The van der Waals surface area contributed by atoms with Gasteiger partial charge in [-0.05, 0) is 32.2 Å². The molecule has 0 bridgehead atoms. The van der Waals surface area contributed by atoms with E-state index in [4.69, 9.17) is 4.74 Å². The van der Waals surface area contributed by atoms with Crippen LogP contribution in [-0.4, -0.2) is 36.0 Å². The molecule has 102 valence electrons. The lowest BCUT2D eigenvalue weighted by Crippen LogP contribution is -2.19. The summed E-state index contributed by atoms with van der Waals surface area (Å²) >= 11 is 1.75. The highest BCUT2D eigenvalue weighted by atomic mass is 32.1. The van der Waals surface area contributed by atoms with E-state index in [0.717, 1.165) is 49.0 Å². The highest BCUT2D eigenvalue weighted by Gasteiger charge is 2.14. The van der Waals surface area contributed by atoms with Gasteiger partial charge in [0.25, 0.3) is 0 Å². The summed E-state index contributed by atoms with van der Waals surface area (Å²) in [5, 5.41) is 14.1. The third kappa shape index (κ3) is 4.63. The zero-order chi connectivity index (χ0) is 12.6. The lowest BCUT2D eigenvalue weighted by atomic mass is 10.1. The lowest BCUT2D eigenvalue weighted by Gasteiger charge is -2.21. The van der Waals surface area contributed by atoms with Crippen LogP contribution in [0.3, 0.4) is 0 Å². The molecule has 1 aliphatic heterocycles. The molecule has 4 nitrogen and oxygen atoms in total. The van der Waals surface area contributed by atoms with Crippen LogP contribution in [0, 0.1) is 0 Å². The largest absolute Gasteiger partial charge is 0.378 e. The maximum atomic E-state index is 5.73. The van der Waals surface area contributed by atoms with Crippen molar-refractivity contribution < 1.29 is 4.74 Å².